The molecule has 1 heterocycles. The van der Waals surface area contributed by atoms with Gasteiger partial charge in [-0.15, -0.1) is 0 Å². The number of rotatable bonds is 5. The van der Waals surface area contributed by atoms with Gasteiger partial charge in [-0.05, 0) is 38.1 Å². The molecule has 1 fully saturated rings. The molecule has 0 atom stereocenters. The van der Waals surface area contributed by atoms with Crippen LogP contribution in [0.4, 0.5) is 5.69 Å². The summed E-state index contributed by atoms with van der Waals surface area (Å²) < 4.78 is 0. The Bertz CT molecular complexity index is 414. The summed E-state index contributed by atoms with van der Waals surface area (Å²) in [5, 5.41) is 6.05. The van der Waals surface area contributed by atoms with Crippen molar-refractivity contribution in [2.45, 2.75) is 19.3 Å². The summed E-state index contributed by atoms with van der Waals surface area (Å²) in [6.07, 6.45) is 3.92. The Morgan fingerprint density at radius 3 is 2.68 bits per heavy atom. The lowest BCUT2D eigenvalue weighted by atomic mass is 10.1. The maximum absolute atomic E-state index is 12.1. The number of carbonyl (C=O) groups is 1. The highest BCUT2D eigenvalue weighted by Gasteiger charge is 2.12. The number of hydrogen-bond acceptors (Lipinski definition) is 3. The molecule has 0 unspecified atom stereocenters. The van der Waals surface area contributed by atoms with Crippen molar-refractivity contribution in [1.29, 1.82) is 0 Å². The van der Waals surface area contributed by atoms with Crippen molar-refractivity contribution in [2.24, 2.45) is 0 Å². The van der Waals surface area contributed by atoms with Crippen LogP contribution in [0.25, 0.3) is 0 Å². The van der Waals surface area contributed by atoms with E-state index in [0.717, 1.165) is 18.8 Å². The first-order valence-electron chi connectivity index (χ1n) is 7.08. The van der Waals surface area contributed by atoms with Gasteiger partial charge in [-0.3, -0.25) is 4.79 Å². The molecule has 0 saturated carbocycles. The van der Waals surface area contributed by atoms with Crippen LogP contribution in [-0.2, 0) is 0 Å². The molecule has 1 aliphatic heterocycles. The SMILES string of the molecule is CNc1ccccc1C(=O)NCCN1CCCCC1. The van der Waals surface area contributed by atoms with Crippen LogP contribution < -0.4 is 10.6 Å². The number of piperidine rings is 1. The quantitative estimate of drug-likeness (QED) is 0.851. The van der Waals surface area contributed by atoms with Gasteiger partial charge in [-0.2, -0.15) is 0 Å². The fourth-order valence-electron chi connectivity index (χ4n) is 2.50. The largest absolute Gasteiger partial charge is 0.387 e. The molecule has 1 amide bonds. The van der Waals surface area contributed by atoms with E-state index >= 15 is 0 Å². The van der Waals surface area contributed by atoms with Crippen LogP contribution in [0.15, 0.2) is 24.3 Å². The molecule has 2 N–H and O–H groups in total. The van der Waals surface area contributed by atoms with Crippen LogP contribution in [0.3, 0.4) is 0 Å². The predicted molar refractivity (Wildman–Crippen MR) is 78.6 cm³/mol. The van der Waals surface area contributed by atoms with E-state index in [2.05, 4.69) is 15.5 Å². The van der Waals surface area contributed by atoms with Crippen molar-refractivity contribution in [2.75, 3.05) is 38.5 Å². The van der Waals surface area contributed by atoms with Gasteiger partial charge in [0.1, 0.15) is 0 Å². The van der Waals surface area contributed by atoms with Gasteiger partial charge in [0.25, 0.3) is 5.91 Å². The van der Waals surface area contributed by atoms with E-state index < -0.39 is 0 Å². The number of likely N-dealkylation sites (tertiary alicyclic amines) is 1. The minimum absolute atomic E-state index is 0.00181. The number of hydrogen-bond donors (Lipinski definition) is 2. The minimum atomic E-state index is 0.00181. The molecule has 0 aromatic heterocycles. The molecule has 1 aromatic carbocycles. The summed E-state index contributed by atoms with van der Waals surface area (Å²) in [7, 11) is 1.83. The third-order valence-corrected chi connectivity index (χ3v) is 3.60. The molecule has 104 valence electrons. The lowest BCUT2D eigenvalue weighted by molar-refractivity contribution is 0.0947. The summed E-state index contributed by atoms with van der Waals surface area (Å²) in [5.74, 6) is 0.00181. The topological polar surface area (TPSA) is 44.4 Å². The van der Waals surface area contributed by atoms with E-state index in [4.69, 9.17) is 0 Å². The molecule has 1 saturated heterocycles. The molecule has 0 radical (unpaired) electrons. The second-order valence-electron chi connectivity index (χ2n) is 4.95. The number of carbonyl (C=O) groups excluding carboxylic acids is 1. The fraction of sp³-hybridized carbons (Fsp3) is 0.533. The molecule has 1 aliphatic rings. The summed E-state index contributed by atoms with van der Waals surface area (Å²) in [5.41, 5.74) is 1.58. The van der Waals surface area contributed by atoms with Crippen LogP contribution in [0.2, 0.25) is 0 Å². The van der Waals surface area contributed by atoms with E-state index in [1.165, 1.54) is 32.4 Å². The highest BCUT2D eigenvalue weighted by molar-refractivity contribution is 5.99. The highest BCUT2D eigenvalue weighted by atomic mass is 16.1. The van der Waals surface area contributed by atoms with E-state index in [1.807, 2.05) is 31.3 Å². The first-order valence-corrected chi connectivity index (χ1v) is 7.08. The highest BCUT2D eigenvalue weighted by Crippen LogP contribution is 2.13. The molecule has 4 heteroatoms. The smallest absolute Gasteiger partial charge is 0.253 e. The summed E-state index contributed by atoms with van der Waals surface area (Å²) >= 11 is 0. The van der Waals surface area contributed by atoms with Crippen molar-refractivity contribution in [3.05, 3.63) is 29.8 Å². The summed E-state index contributed by atoms with van der Waals surface area (Å²) in [6, 6.07) is 7.58. The average Bonchev–Trinajstić information content (AvgIpc) is 2.48. The Hall–Kier alpha value is -1.55. The molecule has 1 aromatic rings. The van der Waals surface area contributed by atoms with Crippen molar-refractivity contribution in [3.8, 4) is 0 Å². The van der Waals surface area contributed by atoms with Gasteiger partial charge in [-0.25, -0.2) is 0 Å². The molecule has 0 spiro atoms. The lowest BCUT2D eigenvalue weighted by Gasteiger charge is -2.26. The van der Waals surface area contributed by atoms with Crippen molar-refractivity contribution >= 4 is 11.6 Å². The van der Waals surface area contributed by atoms with Crippen molar-refractivity contribution in [1.82, 2.24) is 10.2 Å². The minimum Gasteiger partial charge on any atom is -0.387 e. The zero-order valence-electron chi connectivity index (χ0n) is 11.6. The second-order valence-corrected chi connectivity index (χ2v) is 4.95. The Kier molecular flexibility index (Phi) is 5.21. The Balaban J connectivity index is 1.80. The molecule has 19 heavy (non-hydrogen) atoms. The Morgan fingerprint density at radius 2 is 1.95 bits per heavy atom. The standard InChI is InChI=1S/C15H23N3O/c1-16-14-8-4-3-7-13(14)15(19)17-9-12-18-10-5-2-6-11-18/h3-4,7-8,16H,2,5-6,9-12H2,1H3,(H,17,19). The molecule has 0 bridgehead atoms. The number of benzene rings is 1. The Labute approximate surface area is 115 Å². The van der Waals surface area contributed by atoms with E-state index in [-0.39, 0.29) is 5.91 Å². The van der Waals surface area contributed by atoms with Crippen LogP contribution in [-0.4, -0.2) is 44.0 Å². The zero-order valence-corrected chi connectivity index (χ0v) is 11.6. The van der Waals surface area contributed by atoms with Gasteiger partial charge < -0.3 is 15.5 Å². The second kappa shape index (κ2) is 7.14. The number of amides is 1. The van der Waals surface area contributed by atoms with Gasteiger partial charge in [0, 0.05) is 25.8 Å². The van der Waals surface area contributed by atoms with Crippen LogP contribution in [0.1, 0.15) is 29.6 Å². The monoisotopic (exact) mass is 261 g/mol. The van der Waals surface area contributed by atoms with E-state index in [0.29, 0.717) is 5.56 Å². The third-order valence-electron chi connectivity index (χ3n) is 3.60. The van der Waals surface area contributed by atoms with Crippen LogP contribution in [0, 0.1) is 0 Å². The number of nitrogens with zero attached hydrogens (tertiary/aromatic N) is 1. The third kappa shape index (κ3) is 3.96. The maximum atomic E-state index is 12.1. The maximum Gasteiger partial charge on any atom is 0.253 e. The van der Waals surface area contributed by atoms with Gasteiger partial charge in [0.15, 0.2) is 0 Å². The number of anilines is 1. The number of para-hydroxylation sites is 1. The van der Waals surface area contributed by atoms with Crippen LogP contribution in [0.5, 0.6) is 0 Å². The lowest BCUT2D eigenvalue weighted by Crippen LogP contribution is -2.37. The zero-order chi connectivity index (χ0) is 13.5. The summed E-state index contributed by atoms with van der Waals surface area (Å²) in [6.45, 7) is 4.01. The van der Waals surface area contributed by atoms with E-state index in [1.54, 1.807) is 0 Å². The van der Waals surface area contributed by atoms with Crippen molar-refractivity contribution in [3.63, 3.8) is 0 Å². The molecular weight excluding hydrogens is 238 g/mol. The normalized spacial score (nSPS) is 16.1. The van der Waals surface area contributed by atoms with Crippen molar-refractivity contribution < 1.29 is 4.79 Å². The average molecular weight is 261 g/mol. The van der Waals surface area contributed by atoms with Gasteiger partial charge in [0.2, 0.25) is 0 Å². The van der Waals surface area contributed by atoms with Gasteiger partial charge in [0.05, 0.1) is 5.56 Å². The first-order chi connectivity index (χ1) is 9.31. The Morgan fingerprint density at radius 1 is 1.21 bits per heavy atom. The molecule has 2 rings (SSSR count). The fourth-order valence-corrected chi connectivity index (χ4v) is 2.50. The summed E-state index contributed by atoms with van der Waals surface area (Å²) in [4.78, 5) is 14.5. The first kappa shape index (κ1) is 13.9. The van der Waals surface area contributed by atoms with Gasteiger partial charge >= 0.3 is 0 Å². The van der Waals surface area contributed by atoms with Gasteiger partial charge in [-0.1, -0.05) is 18.6 Å². The van der Waals surface area contributed by atoms with E-state index in [9.17, 15) is 4.79 Å². The molecule has 0 aliphatic carbocycles. The number of nitrogens with one attached hydrogen (secondary N) is 2. The molecular formula is C15H23N3O. The van der Waals surface area contributed by atoms with Crippen LogP contribution >= 0.6 is 0 Å². The molecule has 4 nitrogen and oxygen atoms in total. The predicted octanol–water partition coefficient (Wildman–Crippen LogP) is 1.94.